The number of ether oxygens (including phenoxy) is 1. The van der Waals surface area contributed by atoms with Crippen molar-refractivity contribution in [3.05, 3.63) is 63.7 Å². The lowest BCUT2D eigenvalue weighted by atomic mass is 10.1. The first kappa shape index (κ1) is 16.5. The predicted molar refractivity (Wildman–Crippen MR) is 82.0 cm³/mol. The van der Waals surface area contributed by atoms with E-state index < -0.39 is 16.9 Å². The summed E-state index contributed by atoms with van der Waals surface area (Å²) in [4.78, 5) is 34.3. The Hall–Kier alpha value is -2.87. The molecule has 2 aromatic carbocycles. The van der Waals surface area contributed by atoms with Crippen LogP contribution >= 0.6 is 11.8 Å². The van der Waals surface area contributed by atoms with Gasteiger partial charge in [0.1, 0.15) is 0 Å². The first-order valence-electron chi connectivity index (χ1n) is 6.30. The van der Waals surface area contributed by atoms with Crippen molar-refractivity contribution in [3.8, 4) is 0 Å². The number of nitrogens with zero attached hydrogens (tertiary/aromatic N) is 1. The van der Waals surface area contributed by atoms with Crippen LogP contribution in [-0.2, 0) is 4.74 Å². The summed E-state index contributed by atoms with van der Waals surface area (Å²) in [6, 6.07) is 10.2. The fourth-order valence-corrected chi connectivity index (χ4v) is 2.68. The largest absolute Gasteiger partial charge is 0.478 e. The highest BCUT2D eigenvalue weighted by Gasteiger charge is 2.18. The Kier molecular flexibility index (Phi) is 4.97. The zero-order valence-electron chi connectivity index (χ0n) is 11.9. The van der Waals surface area contributed by atoms with Crippen molar-refractivity contribution in [3.63, 3.8) is 0 Å². The average molecular weight is 333 g/mol. The topological polar surface area (TPSA) is 107 Å². The predicted octanol–water partition coefficient (Wildman–Crippen LogP) is 3.23. The molecule has 2 rings (SSSR count). The van der Waals surface area contributed by atoms with Gasteiger partial charge in [-0.1, -0.05) is 11.8 Å². The van der Waals surface area contributed by atoms with E-state index in [9.17, 15) is 19.7 Å². The number of carbonyl (C=O) groups excluding carboxylic acids is 1. The Morgan fingerprint density at radius 1 is 1.09 bits per heavy atom. The van der Waals surface area contributed by atoms with Gasteiger partial charge in [-0.3, -0.25) is 10.1 Å². The van der Waals surface area contributed by atoms with Crippen molar-refractivity contribution >= 4 is 29.4 Å². The van der Waals surface area contributed by atoms with E-state index in [4.69, 9.17) is 5.11 Å². The summed E-state index contributed by atoms with van der Waals surface area (Å²) in [6.45, 7) is 0. The maximum Gasteiger partial charge on any atom is 0.338 e. The first-order valence-corrected chi connectivity index (χ1v) is 7.12. The number of hydrogen-bond donors (Lipinski definition) is 1. The molecule has 0 aliphatic rings. The third-order valence-electron chi connectivity index (χ3n) is 2.91. The summed E-state index contributed by atoms with van der Waals surface area (Å²) in [5, 5.41) is 19.7. The number of aromatic carboxylic acids is 1. The minimum Gasteiger partial charge on any atom is -0.478 e. The summed E-state index contributed by atoms with van der Waals surface area (Å²) in [5.74, 6) is -1.97. The Bertz CT molecular complexity index is 772. The van der Waals surface area contributed by atoms with Crippen LogP contribution in [0.25, 0.3) is 0 Å². The molecular formula is C15H11NO6S. The first-order chi connectivity index (χ1) is 10.9. The summed E-state index contributed by atoms with van der Waals surface area (Å²) in [5.41, 5.74) is -0.220. The molecule has 0 saturated carbocycles. The second-order valence-corrected chi connectivity index (χ2v) is 5.50. The molecule has 0 aliphatic heterocycles. The number of non-ortho nitro benzene ring substituents is 1. The molecule has 0 aromatic heterocycles. The number of carbonyl (C=O) groups is 2. The van der Waals surface area contributed by atoms with Gasteiger partial charge in [-0.2, -0.15) is 0 Å². The van der Waals surface area contributed by atoms with E-state index in [1.165, 1.54) is 43.1 Å². The molecule has 118 valence electrons. The Labute approximate surface area is 135 Å². The van der Waals surface area contributed by atoms with Crippen LogP contribution in [0.15, 0.2) is 52.3 Å². The zero-order chi connectivity index (χ0) is 17.0. The van der Waals surface area contributed by atoms with Crippen molar-refractivity contribution in [2.75, 3.05) is 7.11 Å². The van der Waals surface area contributed by atoms with Gasteiger partial charge in [-0.15, -0.1) is 0 Å². The van der Waals surface area contributed by atoms with Crippen LogP contribution in [0.4, 0.5) is 5.69 Å². The molecule has 8 heteroatoms. The van der Waals surface area contributed by atoms with E-state index in [0.29, 0.717) is 4.90 Å². The molecular weight excluding hydrogens is 322 g/mol. The van der Waals surface area contributed by atoms with Crippen LogP contribution < -0.4 is 0 Å². The van der Waals surface area contributed by atoms with E-state index in [1.54, 1.807) is 18.2 Å². The monoisotopic (exact) mass is 333 g/mol. The number of methoxy groups -OCH3 is 1. The Morgan fingerprint density at radius 3 is 2.22 bits per heavy atom. The summed E-state index contributed by atoms with van der Waals surface area (Å²) >= 11 is 1.25. The summed E-state index contributed by atoms with van der Waals surface area (Å²) in [7, 11) is 1.17. The number of nitro benzene ring substituents is 1. The van der Waals surface area contributed by atoms with Gasteiger partial charge in [0.2, 0.25) is 0 Å². The average Bonchev–Trinajstić information content (AvgIpc) is 2.54. The maximum absolute atomic E-state index is 11.7. The molecule has 0 heterocycles. The quantitative estimate of drug-likeness (QED) is 0.508. The number of rotatable bonds is 5. The second-order valence-electron chi connectivity index (χ2n) is 4.36. The minimum absolute atomic E-state index is 0.0224. The molecule has 0 radical (unpaired) electrons. The van der Waals surface area contributed by atoms with Crippen LogP contribution in [-0.4, -0.2) is 29.1 Å². The van der Waals surface area contributed by atoms with Crippen molar-refractivity contribution < 1.29 is 24.4 Å². The Morgan fingerprint density at radius 2 is 1.70 bits per heavy atom. The van der Waals surface area contributed by atoms with Gasteiger partial charge in [0.05, 0.1) is 23.2 Å². The number of nitro groups is 1. The van der Waals surface area contributed by atoms with E-state index >= 15 is 0 Å². The number of carboxylic acids is 1. The number of esters is 1. The van der Waals surface area contributed by atoms with Crippen LogP contribution in [0.2, 0.25) is 0 Å². The van der Waals surface area contributed by atoms with Gasteiger partial charge in [0, 0.05) is 21.9 Å². The molecule has 0 amide bonds. The third-order valence-corrected chi connectivity index (χ3v) is 3.91. The zero-order valence-corrected chi connectivity index (χ0v) is 12.7. The van der Waals surface area contributed by atoms with Gasteiger partial charge in [-0.05, 0) is 30.3 Å². The fourth-order valence-electron chi connectivity index (χ4n) is 1.82. The van der Waals surface area contributed by atoms with Crippen molar-refractivity contribution in [2.45, 2.75) is 9.79 Å². The molecule has 0 aliphatic carbocycles. The van der Waals surface area contributed by atoms with Gasteiger partial charge in [0.25, 0.3) is 5.69 Å². The van der Waals surface area contributed by atoms with Gasteiger partial charge < -0.3 is 9.84 Å². The summed E-state index contributed by atoms with van der Waals surface area (Å²) in [6.07, 6.45) is 0. The lowest BCUT2D eigenvalue weighted by Crippen LogP contribution is -2.10. The smallest absolute Gasteiger partial charge is 0.338 e. The number of carboxylic acid groups (broad SMARTS) is 1. The van der Waals surface area contributed by atoms with Crippen molar-refractivity contribution in [2.24, 2.45) is 0 Å². The highest BCUT2D eigenvalue weighted by molar-refractivity contribution is 7.99. The van der Waals surface area contributed by atoms with Crippen molar-refractivity contribution in [1.82, 2.24) is 0 Å². The molecule has 0 bridgehead atoms. The number of hydrogen-bond acceptors (Lipinski definition) is 6. The maximum atomic E-state index is 11.7. The summed E-state index contributed by atoms with van der Waals surface area (Å²) < 4.78 is 4.59. The number of benzene rings is 2. The van der Waals surface area contributed by atoms with Gasteiger partial charge in [0.15, 0.2) is 0 Å². The van der Waals surface area contributed by atoms with E-state index in [2.05, 4.69) is 4.74 Å². The highest BCUT2D eigenvalue weighted by atomic mass is 32.2. The highest BCUT2D eigenvalue weighted by Crippen LogP contribution is 2.30. The molecule has 23 heavy (non-hydrogen) atoms. The van der Waals surface area contributed by atoms with Gasteiger partial charge >= 0.3 is 11.9 Å². The van der Waals surface area contributed by atoms with Crippen LogP contribution in [0.3, 0.4) is 0 Å². The lowest BCUT2D eigenvalue weighted by molar-refractivity contribution is -0.384. The molecule has 1 N–H and O–H groups in total. The SMILES string of the molecule is COC(=O)c1cc(Sc2ccc([N+](=O)[O-])cc2)ccc1C(=O)O. The molecule has 0 fully saturated rings. The fraction of sp³-hybridized carbons (Fsp3) is 0.0667. The van der Waals surface area contributed by atoms with Crippen LogP contribution in [0, 0.1) is 10.1 Å². The van der Waals surface area contributed by atoms with Crippen LogP contribution in [0.1, 0.15) is 20.7 Å². The lowest BCUT2D eigenvalue weighted by Gasteiger charge is -2.07. The molecule has 0 spiro atoms. The molecule has 2 aromatic rings. The molecule has 0 saturated heterocycles. The molecule has 0 atom stereocenters. The van der Waals surface area contributed by atoms with Crippen molar-refractivity contribution in [1.29, 1.82) is 0 Å². The van der Waals surface area contributed by atoms with E-state index in [0.717, 1.165) is 4.90 Å². The normalized spacial score (nSPS) is 10.1. The van der Waals surface area contributed by atoms with E-state index in [-0.39, 0.29) is 16.8 Å². The van der Waals surface area contributed by atoms with E-state index in [1.807, 2.05) is 0 Å². The second kappa shape index (κ2) is 6.93. The Balaban J connectivity index is 2.31. The standard InChI is InChI=1S/C15H11NO6S/c1-22-15(19)13-8-11(6-7-12(13)14(17)18)23-10-4-2-9(3-5-10)16(20)21/h2-8H,1H3,(H,17,18). The van der Waals surface area contributed by atoms with Crippen LogP contribution in [0.5, 0.6) is 0 Å². The van der Waals surface area contributed by atoms with Gasteiger partial charge in [-0.25, -0.2) is 9.59 Å². The molecule has 0 unspecified atom stereocenters. The third kappa shape index (κ3) is 3.86. The molecule has 7 nitrogen and oxygen atoms in total. The minimum atomic E-state index is -1.22.